The summed E-state index contributed by atoms with van der Waals surface area (Å²) in [7, 11) is 0. The molecule has 0 bridgehead atoms. The standard InChI is InChI=1S/C8H11ClN2.C8H12N2O.Cl3OP/c1-8(2,3)6-4-7(9)11-5-10-6;1-8(2,3)6-4-7(11)10-5-9-6;1-5(2,3)4/h4-5H,1-3H3;4-5H,1-3H3,(H,9,10,11);. The second-order valence-electron chi connectivity index (χ2n) is 7.42. The molecular weight excluding hydrogens is 453 g/mol. The molecule has 0 aliphatic rings. The van der Waals surface area contributed by atoms with E-state index in [0.29, 0.717) is 5.15 Å². The van der Waals surface area contributed by atoms with E-state index in [1.807, 2.05) is 20.8 Å². The van der Waals surface area contributed by atoms with E-state index in [9.17, 15) is 9.36 Å². The zero-order valence-corrected chi connectivity index (χ0v) is 19.8. The van der Waals surface area contributed by atoms with Crippen LogP contribution < -0.4 is 5.56 Å². The van der Waals surface area contributed by atoms with E-state index in [-0.39, 0.29) is 16.4 Å². The molecule has 2 aromatic rings. The zero-order valence-electron chi connectivity index (χ0n) is 15.9. The van der Waals surface area contributed by atoms with Gasteiger partial charge < -0.3 is 4.98 Å². The van der Waals surface area contributed by atoms with E-state index >= 15 is 0 Å². The SMILES string of the molecule is CC(C)(C)c1cc(=O)[nH]cn1.CC(C)(C)c1cc(Cl)ncn1.O=P(Cl)(Cl)Cl. The summed E-state index contributed by atoms with van der Waals surface area (Å²) in [6.45, 7) is 12.3. The summed E-state index contributed by atoms with van der Waals surface area (Å²) in [4.78, 5) is 25.3. The molecule has 152 valence electrons. The van der Waals surface area contributed by atoms with Gasteiger partial charge in [0.1, 0.15) is 11.5 Å². The quantitative estimate of drug-likeness (QED) is 0.356. The average molecular weight is 476 g/mol. The molecule has 0 unspecified atom stereocenters. The maximum atomic E-state index is 10.8. The van der Waals surface area contributed by atoms with Crippen molar-refractivity contribution in [3.05, 3.63) is 51.7 Å². The summed E-state index contributed by atoms with van der Waals surface area (Å²) in [6.07, 6.45) is 2.92. The third-order valence-corrected chi connectivity index (χ3v) is 3.06. The van der Waals surface area contributed by atoms with E-state index in [1.54, 1.807) is 6.07 Å². The van der Waals surface area contributed by atoms with E-state index < -0.39 is 5.20 Å². The molecular formula is C16H23Cl4N4O2P. The maximum absolute atomic E-state index is 10.8. The minimum atomic E-state index is -3.22. The monoisotopic (exact) mass is 474 g/mol. The van der Waals surface area contributed by atoms with Crippen LogP contribution in [0.4, 0.5) is 0 Å². The highest BCUT2D eigenvalue weighted by Gasteiger charge is 2.15. The molecule has 0 aliphatic carbocycles. The molecule has 2 aromatic heterocycles. The minimum Gasteiger partial charge on any atom is -0.313 e. The van der Waals surface area contributed by atoms with Gasteiger partial charge in [-0.05, 0) is 39.8 Å². The molecule has 2 rings (SSSR count). The third kappa shape index (κ3) is 14.1. The molecule has 11 heteroatoms. The Labute approximate surface area is 178 Å². The molecule has 2 heterocycles. The van der Waals surface area contributed by atoms with Crippen LogP contribution in [-0.2, 0) is 15.4 Å². The molecule has 0 saturated carbocycles. The Bertz CT molecular complexity index is 818. The molecule has 0 saturated heterocycles. The van der Waals surface area contributed by atoms with Crippen molar-refractivity contribution >= 4 is 50.5 Å². The van der Waals surface area contributed by atoms with Crippen LogP contribution in [0.3, 0.4) is 0 Å². The van der Waals surface area contributed by atoms with Crippen molar-refractivity contribution in [2.45, 2.75) is 52.4 Å². The number of aromatic amines is 1. The van der Waals surface area contributed by atoms with Crippen molar-refractivity contribution in [1.82, 2.24) is 19.9 Å². The fourth-order valence-electron chi connectivity index (χ4n) is 1.52. The predicted molar refractivity (Wildman–Crippen MR) is 114 cm³/mol. The number of hydrogen-bond donors (Lipinski definition) is 1. The van der Waals surface area contributed by atoms with Crippen molar-refractivity contribution in [1.29, 1.82) is 0 Å². The fraction of sp³-hybridized carbons (Fsp3) is 0.500. The number of rotatable bonds is 0. The molecule has 0 fully saturated rings. The molecule has 27 heavy (non-hydrogen) atoms. The second kappa shape index (κ2) is 10.8. The normalized spacial score (nSPS) is 11.6. The lowest BCUT2D eigenvalue weighted by molar-refractivity contribution is 0.565. The second-order valence-corrected chi connectivity index (χ2v) is 14.4. The van der Waals surface area contributed by atoms with Crippen molar-refractivity contribution < 1.29 is 4.57 Å². The van der Waals surface area contributed by atoms with Gasteiger partial charge in [0.2, 0.25) is 0 Å². The van der Waals surface area contributed by atoms with Crippen LogP contribution in [0, 0.1) is 0 Å². The van der Waals surface area contributed by atoms with Crippen molar-refractivity contribution in [3.63, 3.8) is 0 Å². The molecule has 0 aromatic carbocycles. The highest BCUT2D eigenvalue weighted by molar-refractivity contribution is 8.24. The lowest BCUT2D eigenvalue weighted by Gasteiger charge is -2.16. The Morgan fingerprint density at radius 1 is 0.889 bits per heavy atom. The van der Waals surface area contributed by atoms with E-state index in [2.05, 4.69) is 74.4 Å². The zero-order chi connectivity index (χ0) is 21.5. The Balaban J connectivity index is 0.000000405. The number of nitrogens with zero attached hydrogens (tertiary/aromatic N) is 3. The first kappa shape index (κ1) is 26.4. The average Bonchev–Trinajstić information content (AvgIpc) is 2.44. The summed E-state index contributed by atoms with van der Waals surface area (Å²) in [5.74, 6) is 0. The molecule has 1 N–H and O–H groups in total. The Kier molecular flexibility index (Phi) is 10.5. The Morgan fingerprint density at radius 2 is 1.33 bits per heavy atom. The number of H-pyrrole nitrogens is 1. The van der Waals surface area contributed by atoms with Gasteiger partial charge in [-0.3, -0.25) is 9.36 Å². The van der Waals surface area contributed by atoms with Crippen molar-refractivity contribution in [3.8, 4) is 0 Å². The van der Waals surface area contributed by atoms with Gasteiger partial charge in [-0.2, -0.15) is 0 Å². The number of aromatic nitrogens is 4. The van der Waals surface area contributed by atoms with Crippen LogP contribution in [0.25, 0.3) is 0 Å². The summed E-state index contributed by atoms with van der Waals surface area (Å²) < 4.78 is 9.51. The number of nitrogens with one attached hydrogen (secondary N) is 1. The molecule has 0 aliphatic heterocycles. The Morgan fingerprint density at radius 3 is 1.63 bits per heavy atom. The fourth-order valence-corrected chi connectivity index (χ4v) is 1.67. The molecule has 0 radical (unpaired) electrons. The molecule has 0 spiro atoms. The van der Waals surface area contributed by atoms with Crippen LogP contribution in [-0.4, -0.2) is 19.9 Å². The summed E-state index contributed by atoms with van der Waals surface area (Å²) in [5, 5.41) is -2.72. The van der Waals surface area contributed by atoms with Gasteiger partial charge in [-0.25, -0.2) is 15.0 Å². The predicted octanol–water partition coefficient (Wildman–Crippen LogP) is 6.31. The topological polar surface area (TPSA) is 88.6 Å². The van der Waals surface area contributed by atoms with Gasteiger partial charge in [0.25, 0.3) is 5.56 Å². The van der Waals surface area contributed by atoms with Gasteiger partial charge in [0.05, 0.1) is 17.7 Å². The minimum absolute atomic E-state index is 0.0474. The smallest absolute Gasteiger partial charge is 0.313 e. The first-order valence-electron chi connectivity index (χ1n) is 7.72. The third-order valence-electron chi connectivity index (χ3n) is 2.85. The van der Waals surface area contributed by atoms with Crippen LogP contribution in [0.1, 0.15) is 52.9 Å². The lowest BCUT2D eigenvalue weighted by atomic mass is 9.92. The van der Waals surface area contributed by atoms with Gasteiger partial charge in [0, 0.05) is 16.9 Å². The molecule has 6 nitrogen and oxygen atoms in total. The van der Waals surface area contributed by atoms with Crippen molar-refractivity contribution in [2.75, 3.05) is 0 Å². The maximum Gasteiger partial charge on any atom is 0.339 e. The van der Waals surface area contributed by atoms with Crippen LogP contribution in [0.5, 0.6) is 0 Å². The highest BCUT2D eigenvalue weighted by atomic mass is 36.0. The summed E-state index contributed by atoms with van der Waals surface area (Å²) in [5.41, 5.74) is 1.70. The summed E-state index contributed by atoms with van der Waals surface area (Å²) >= 11 is 19.5. The molecule has 0 amide bonds. The van der Waals surface area contributed by atoms with Crippen LogP contribution in [0.2, 0.25) is 5.15 Å². The first-order chi connectivity index (χ1) is 12.0. The number of halogens is 4. The Hall–Kier alpha value is -0.650. The lowest BCUT2D eigenvalue weighted by Crippen LogP contribution is -2.18. The summed E-state index contributed by atoms with van der Waals surface area (Å²) in [6, 6.07) is 3.32. The van der Waals surface area contributed by atoms with Gasteiger partial charge in [-0.15, -0.1) is 0 Å². The van der Waals surface area contributed by atoms with Gasteiger partial charge >= 0.3 is 5.20 Å². The highest BCUT2D eigenvalue weighted by Crippen LogP contribution is 2.61. The van der Waals surface area contributed by atoms with E-state index in [0.717, 1.165) is 11.4 Å². The van der Waals surface area contributed by atoms with Crippen molar-refractivity contribution in [2.24, 2.45) is 0 Å². The first-order valence-corrected chi connectivity index (χ1v) is 12.5. The largest absolute Gasteiger partial charge is 0.339 e. The number of hydrogen-bond acceptors (Lipinski definition) is 5. The van der Waals surface area contributed by atoms with E-state index in [1.165, 1.54) is 18.7 Å². The van der Waals surface area contributed by atoms with Gasteiger partial charge in [0.15, 0.2) is 0 Å². The van der Waals surface area contributed by atoms with Crippen LogP contribution in [0.15, 0.2) is 29.6 Å². The van der Waals surface area contributed by atoms with Crippen LogP contribution >= 0.6 is 50.5 Å². The van der Waals surface area contributed by atoms with E-state index in [4.69, 9.17) is 11.6 Å². The molecule has 0 atom stereocenters. The van der Waals surface area contributed by atoms with Gasteiger partial charge in [-0.1, -0.05) is 53.1 Å².